The molecule has 27 heavy (non-hydrogen) atoms. The minimum absolute atomic E-state index is 0.0445. The van der Waals surface area contributed by atoms with Crippen molar-refractivity contribution < 1.29 is 36.4 Å². The fourth-order valence-corrected chi connectivity index (χ4v) is 6.24. The first kappa shape index (κ1) is 19.1. The van der Waals surface area contributed by atoms with Crippen molar-refractivity contribution in [3.05, 3.63) is 0 Å². The number of ether oxygens (including phenoxy) is 2. The Labute approximate surface area is 157 Å². The third-order valence-electron chi connectivity index (χ3n) is 7.26. The van der Waals surface area contributed by atoms with Crippen molar-refractivity contribution in [3.63, 3.8) is 0 Å². The van der Waals surface area contributed by atoms with E-state index in [1.165, 1.54) is 12.8 Å². The van der Waals surface area contributed by atoms with Crippen LogP contribution in [0.5, 0.6) is 0 Å². The van der Waals surface area contributed by atoms with Gasteiger partial charge in [-0.25, -0.2) is 9.18 Å². The van der Waals surface area contributed by atoms with Crippen LogP contribution in [0.1, 0.15) is 51.4 Å². The Morgan fingerprint density at radius 2 is 1.70 bits per heavy atom. The van der Waals surface area contributed by atoms with Gasteiger partial charge in [-0.15, -0.1) is 0 Å². The van der Waals surface area contributed by atoms with Gasteiger partial charge in [0.05, 0.1) is 12.0 Å². The van der Waals surface area contributed by atoms with Crippen LogP contribution >= 0.6 is 0 Å². The largest absolute Gasteiger partial charge is 0.465 e. The van der Waals surface area contributed by atoms with E-state index in [1.807, 2.05) is 0 Å². The van der Waals surface area contributed by atoms with Crippen LogP contribution in [-0.2, 0) is 29.2 Å². The average molecular weight is 404 g/mol. The van der Waals surface area contributed by atoms with Crippen molar-refractivity contribution in [1.29, 1.82) is 0 Å². The zero-order valence-electron chi connectivity index (χ0n) is 15.0. The maximum atomic E-state index is 13.2. The molecule has 9 heteroatoms. The number of carbonyl (C=O) groups excluding carboxylic acids is 2. The van der Waals surface area contributed by atoms with Gasteiger partial charge in [0.2, 0.25) is 0 Å². The molecular weight excluding hydrogens is 379 g/mol. The van der Waals surface area contributed by atoms with E-state index in [-0.39, 0.29) is 17.3 Å². The van der Waals surface area contributed by atoms with Crippen molar-refractivity contribution in [1.82, 2.24) is 0 Å². The van der Waals surface area contributed by atoms with Crippen molar-refractivity contribution in [2.24, 2.45) is 29.1 Å². The summed E-state index contributed by atoms with van der Waals surface area (Å²) in [5.74, 6) is 0.479. The summed E-state index contributed by atoms with van der Waals surface area (Å²) in [6, 6.07) is 0. The maximum absolute atomic E-state index is 13.2. The van der Waals surface area contributed by atoms with Crippen LogP contribution in [0.2, 0.25) is 0 Å². The monoisotopic (exact) mass is 404 g/mol. The Morgan fingerprint density at radius 3 is 2.19 bits per heavy atom. The molecule has 4 bridgehead atoms. The van der Waals surface area contributed by atoms with Gasteiger partial charge in [-0.3, -0.25) is 9.35 Å². The van der Waals surface area contributed by atoms with E-state index >= 15 is 0 Å². The van der Waals surface area contributed by atoms with Crippen LogP contribution < -0.4 is 0 Å². The molecule has 152 valence electrons. The highest BCUT2D eigenvalue weighted by atomic mass is 32.2. The summed E-state index contributed by atoms with van der Waals surface area (Å²) >= 11 is 0. The predicted molar refractivity (Wildman–Crippen MR) is 90.6 cm³/mol. The molecule has 5 saturated carbocycles. The minimum atomic E-state index is -5.09. The van der Waals surface area contributed by atoms with Crippen LogP contribution in [0, 0.1) is 29.1 Å². The van der Waals surface area contributed by atoms with Gasteiger partial charge in [-0.2, -0.15) is 8.42 Å². The summed E-state index contributed by atoms with van der Waals surface area (Å²) in [5, 5.41) is 0. The lowest BCUT2D eigenvalue weighted by Crippen LogP contribution is -2.35. The van der Waals surface area contributed by atoms with Gasteiger partial charge in [-0.05, 0) is 75.0 Å². The Hall–Kier alpha value is -1.22. The first-order chi connectivity index (χ1) is 12.7. The molecule has 0 radical (unpaired) electrons. The molecule has 0 saturated heterocycles. The highest BCUT2D eigenvalue weighted by Crippen LogP contribution is 2.70. The van der Waals surface area contributed by atoms with Crippen molar-refractivity contribution in [3.8, 4) is 0 Å². The molecule has 0 aromatic heterocycles. The molecule has 5 aliphatic carbocycles. The molecule has 1 N–H and O–H groups in total. The lowest BCUT2D eigenvalue weighted by Gasteiger charge is -2.30. The average Bonchev–Trinajstić information content (AvgIpc) is 3.34. The molecule has 0 spiro atoms. The second kappa shape index (κ2) is 6.69. The zero-order valence-corrected chi connectivity index (χ0v) is 15.8. The third-order valence-corrected chi connectivity index (χ3v) is 7.97. The molecule has 0 amide bonds. The summed E-state index contributed by atoms with van der Waals surface area (Å²) in [4.78, 5) is 24.1. The van der Waals surface area contributed by atoms with Gasteiger partial charge < -0.3 is 9.47 Å². The Bertz CT molecular complexity index is 714. The van der Waals surface area contributed by atoms with Crippen LogP contribution in [0.15, 0.2) is 0 Å². The van der Waals surface area contributed by atoms with Gasteiger partial charge in [0.1, 0.15) is 6.10 Å². The van der Waals surface area contributed by atoms with E-state index < -0.39 is 27.7 Å². The number of esters is 2. The highest BCUT2D eigenvalue weighted by molar-refractivity contribution is 7.87. The number of carbonyl (C=O) groups is 2. The summed E-state index contributed by atoms with van der Waals surface area (Å²) in [6.07, 6.45) is 5.94. The van der Waals surface area contributed by atoms with Crippen molar-refractivity contribution in [2.75, 3.05) is 6.61 Å². The summed E-state index contributed by atoms with van der Waals surface area (Å²) in [6.45, 7) is 0.347. The Morgan fingerprint density at radius 1 is 1.11 bits per heavy atom. The molecule has 7 nitrogen and oxygen atoms in total. The molecule has 5 aliphatic rings. The van der Waals surface area contributed by atoms with Gasteiger partial charge in [-0.1, -0.05) is 0 Å². The fourth-order valence-electron chi connectivity index (χ4n) is 5.94. The first-order valence-electron chi connectivity index (χ1n) is 9.67. The van der Waals surface area contributed by atoms with Gasteiger partial charge >= 0.3 is 27.6 Å². The van der Waals surface area contributed by atoms with Crippen molar-refractivity contribution >= 4 is 22.1 Å². The Kier molecular flexibility index (Phi) is 4.73. The first-order valence-corrected chi connectivity index (χ1v) is 11.2. The van der Waals surface area contributed by atoms with E-state index in [0.29, 0.717) is 38.2 Å². The van der Waals surface area contributed by atoms with E-state index in [1.54, 1.807) is 0 Å². The summed E-state index contributed by atoms with van der Waals surface area (Å²) < 4.78 is 53.6. The lowest BCUT2D eigenvalue weighted by molar-refractivity contribution is -0.159. The number of rotatable bonds is 6. The maximum Gasteiger partial charge on any atom is 0.359 e. The normalized spacial score (nSPS) is 40.9. The summed E-state index contributed by atoms with van der Waals surface area (Å²) in [7, 11) is -5.09. The second-order valence-electron chi connectivity index (χ2n) is 8.76. The predicted octanol–water partition coefficient (Wildman–Crippen LogP) is 2.25. The number of halogens is 1. The summed E-state index contributed by atoms with van der Waals surface area (Å²) in [5.41, 5.74) is -3.29. The van der Waals surface area contributed by atoms with E-state index in [2.05, 4.69) is 0 Å². The molecule has 0 aromatic carbocycles. The fraction of sp³-hybridized carbons (Fsp3) is 0.889. The zero-order chi connectivity index (χ0) is 19.4. The topological polar surface area (TPSA) is 107 Å². The van der Waals surface area contributed by atoms with Gasteiger partial charge in [0.25, 0.3) is 0 Å². The minimum Gasteiger partial charge on any atom is -0.465 e. The molecule has 5 fully saturated rings. The van der Waals surface area contributed by atoms with E-state index in [9.17, 15) is 22.4 Å². The molecule has 5 rings (SSSR count). The number of alkyl halides is 1. The molecule has 0 aliphatic heterocycles. The molecular formula is C18H25FO7S. The highest BCUT2D eigenvalue weighted by Gasteiger charge is 2.67. The molecule has 3 unspecified atom stereocenters. The smallest absolute Gasteiger partial charge is 0.359 e. The van der Waals surface area contributed by atoms with Crippen LogP contribution in [-0.4, -0.2) is 43.1 Å². The SMILES string of the molecule is O=C(OC1CCC(COC(=O)C23CC4CC2CC4C3)CC1)C(F)S(=O)(=O)O. The lowest BCUT2D eigenvalue weighted by atomic mass is 9.81. The van der Waals surface area contributed by atoms with Crippen LogP contribution in [0.4, 0.5) is 4.39 Å². The third kappa shape index (κ3) is 3.37. The van der Waals surface area contributed by atoms with Gasteiger partial charge in [0, 0.05) is 0 Å². The van der Waals surface area contributed by atoms with Crippen LogP contribution in [0.25, 0.3) is 0 Å². The van der Waals surface area contributed by atoms with E-state index in [4.69, 9.17) is 14.0 Å². The van der Waals surface area contributed by atoms with E-state index in [0.717, 1.165) is 24.7 Å². The number of hydrogen-bond donors (Lipinski definition) is 1. The van der Waals surface area contributed by atoms with Crippen LogP contribution in [0.3, 0.4) is 0 Å². The molecule has 0 heterocycles. The molecule has 3 atom stereocenters. The quantitative estimate of drug-likeness (QED) is 0.534. The second-order valence-corrected chi connectivity index (χ2v) is 10.2. The standard InChI is InChI=1S/C18H25FO7S/c19-15(27(22,23)24)16(20)26-14-3-1-10(2-4-14)9-25-17(21)18-7-11-5-13(18)6-12(11)8-18/h10-15H,1-9H2,(H,22,23,24). The molecule has 0 aromatic rings. The Balaban J connectivity index is 1.20. The van der Waals surface area contributed by atoms with Gasteiger partial charge in [0.15, 0.2) is 0 Å². The number of hydrogen-bond acceptors (Lipinski definition) is 6. The van der Waals surface area contributed by atoms with Crippen molar-refractivity contribution in [2.45, 2.75) is 63.0 Å².